The van der Waals surface area contributed by atoms with Gasteiger partial charge in [0.15, 0.2) is 0 Å². The molecule has 2 atom stereocenters. The van der Waals surface area contributed by atoms with E-state index in [4.69, 9.17) is 0 Å². The summed E-state index contributed by atoms with van der Waals surface area (Å²) in [4.78, 5) is 40.8. The molecule has 2 aromatic carbocycles. The molecule has 9 heteroatoms. The van der Waals surface area contributed by atoms with Gasteiger partial charge in [0.25, 0.3) is 11.8 Å². The van der Waals surface area contributed by atoms with Crippen LogP contribution in [0.25, 0.3) is 11.1 Å². The second-order valence-corrected chi connectivity index (χ2v) is 9.01. The number of carbonyl (C=O) groups is 3. The molecule has 0 unspecified atom stereocenters. The van der Waals surface area contributed by atoms with Crippen molar-refractivity contribution in [2.75, 3.05) is 11.9 Å². The molecule has 2 aliphatic rings. The van der Waals surface area contributed by atoms with E-state index < -0.39 is 17.7 Å². The highest BCUT2D eigenvalue weighted by Gasteiger charge is 2.40. The lowest BCUT2D eigenvalue weighted by Gasteiger charge is -2.37. The molecule has 168 valence electrons. The monoisotopic (exact) mass is 467 g/mol. The maximum absolute atomic E-state index is 14.3. The summed E-state index contributed by atoms with van der Waals surface area (Å²) in [5.74, 6) is -2.30. The summed E-state index contributed by atoms with van der Waals surface area (Å²) < 4.78 is 27.6. The zero-order valence-corrected chi connectivity index (χ0v) is 18.1. The van der Waals surface area contributed by atoms with E-state index >= 15 is 0 Å². The number of nitrogens with one attached hydrogen (secondary N) is 2. The second-order valence-electron chi connectivity index (χ2n) is 8.06. The van der Waals surface area contributed by atoms with Crippen LogP contribution in [0, 0.1) is 11.6 Å². The summed E-state index contributed by atoms with van der Waals surface area (Å²) in [5, 5.41) is 7.56. The lowest BCUT2D eigenvalue weighted by atomic mass is 9.95. The molecule has 3 heterocycles. The van der Waals surface area contributed by atoms with Gasteiger partial charge < -0.3 is 15.5 Å². The number of rotatable bonds is 3. The van der Waals surface area contributed by atoms with Gasteiger partial charge in [-0.3, -0.25) is 14.4 Å². The molecule has 0 saturated carbocycles. The van der Waals surface area contributed by atoms with Gasteiger partial charge in [-0.05, 0) is 54.1 Å². The van der Waals surface area contributed by atoms with Crippen LogP contribution in [0.4, 0.5) is 14.5 Å². The molecule has 1 fully saturated rings. The molecule has 2 N–H and O–H groups in total. The Morgan fingerprint density at radius 2 is 1.94 bits per heavy atom. The Morgan fingerprint density at radius 1 is 1.09 bits per heavy atom. The molecule has 2 aliphatic heterocycles. The third-order valence-corrected chi connectivity index (χ3v) is 6.86. The Labute approximate surface area is 192 Å². The molecular weight excluding hydrogens is 448 g/mol. The number of piperidine rings is 1. The minimum atomic E-state index is -0.738. The highest BCUT2D eigenvalue weighted by Crippen LogP contribution is 2.33. The van der Waals surface area contributed by atoms with E-state index in [9.17, 15) is 23.2 Å². The fourth-order valence-electron chi connectivity index (χ4n) is 4.34. The predicted octanol–water partition coefficient (Wildman–Crippen LogP) is 4.05. The van der Waals surface area contributed by atoms with Crippen molar-refractivity contribution in [3.8, 4) is 11.1 Å². The van der Waals surface area contributed by atoms with Gasteiger partial charge in [-0.25, -0.2) is 8.78 Å². The van der Waals surface area contributed by atoms with Crippen molar-refractivity contribution in [2.24, 2.45) is 0 Å². The van der Waals surface area contributed by atoms with E-state index in [1.807, 2.05) is 5.38 Å². The SMILES string of the molecule is O=C(N[C@@H]1CCN2C(=O)c3cc(-c4ccc(F)cc4F)ccc3NC(=O)[C@@H]2C1)c1cccs1. The van der Waals surface area contributed by atoms with Crippen LogP contribution in [0.1, 0.15) is 32.9 Å². The molecule has 1 aromatic heterocycles. The quantitative estimate of drug-likeness (QED) is 0.610. The first-order chi connectivity index (χ1) is 15.9. The number of carbonyl (C=O) groups excluding carboxylic acids is 3. The number of anilines is 1. The van der Waals surface area contributed by atoms with Crippen LogP contribution in [0.2, 0.25) is 0 Å². The molecule has 0 bridgehead atoms. The van der Waals surface area contributed by atoms with Crippen LogP contribution in [0.3, 0.4) is 0 Å². The highest BCUT2D eigenvalue weighted by molar-refractivity contribution is 7.12. The fraction of sp³-hybridized carbons (Fsp3) is 0.208. The molecule has 3 amide bonds. The summed E-state index contributed by atoms with van der Waals surface area (Å²) in [6.07, 6.45) is 0.802. The van der Waals surface area contributed by atoms with Gasteiger partial charge in [0.05, 0.1) is 16.1 Å². The van der Waals surface area contributed by atoms with Gasteiger partial charge in [0.1, 0.15) is 17.7 Å². The number of fused-ring (bicyclic) bond motifs is 2. The highest BCUT2D eigenvalue weighted by atomic mass is 32.1. The number of thiophene rings is 1. The Balaban J connectivity index is 1.40. The number of halogens is 2. The van der Waals surface area contributed by atoms with Crippen molar-refractivity contribution in [2.45, 2.75) is 24.9 Å². The van der Waals surface area contributed by atoms with Crippen LogP contribution in [-0.4, -0.2) is 41.2 Å². The zero-order valence-electron chi connectivity index (χ0n) is 17.3. The van der Waals surface area contributed by atoms with Gasteiger partial charge >= 0.3 is 0 Å². The molecule has 3 aromatic rings. The Hall–Kier alpha value is -3.59. The first kappa shape index (κ1) is 21.3. The molecule has 0 aliphatic carbocycles. The van der Waals surface area contributed by atoms with Crippen LogP contribution in [0.15, 0.2) is 53.9 Å². The van der Waals surface area contributed by atoms with E-state index in [-0.39, 0.29) is 34.9 Å². The minimum absolute atomic E-state index is 0.161. The van der Waals surface area contributed by atoms with Gasteiger partial charge in [0, 0.05) is 24.2 Å². The van der Waals surface area contributed by atoms with Crippen molar-refractivity contribution in [1.82, 2.24) is 10.2 Å². The zero-order chi connectivity index (χ0) is 23.1. The number of nitrogens with zero attached hydrogens (tertiary/aromatic N) is 1. The average Bonchev–Trinajstić information content (AvgIpc) is 3.31. The van der Waals surface area contributed by atoms with Gasteiger partial charge in [0.2, 0.25) is 5.91 Å². The average molecular weight is 467 g/mol. The summed E-state index contributed by atoms with van der Waals surface area (Å²) >= 11 is 1.34. The van der Waals surface area contributed by atoms with Crippen LogP contribution < -0.4 is 10.6 Å². The Kier molecular flexibility index (Phi) is 5.41. The lowest BCUT2D eigenvalue weighted by Crippen LogP contribution is -2.54. The van der Waals surface area contributed by atoms with Crippen molar-refractivity contribution >= 4 is 34.7 Å². The standard InChI is InChI=1S/C24H19F2N3O3S/c25-14-4-5-16(18(26)11-14)13-3-6-19-17(10-13)24(32)29-8-7-15(12-20(29)22(30)28-19)27-23(31)21-2-1-9-33-21/h1-6,9-11,15,20H,7-8,12H2,(H,27,31)(H,28,30)/t15-,20+/m1/s1. The Morgan fingerprint density at radius 3 is 2.70 bits per heavy atom. The van der Waals surface area contributed by atoms with Crippen LogP contribution in [0.5, 0.6) is 0 Å². The van der Waals surface area contributed by atoms with Crippen molar-refractivity contribution in [1.29, 1.82) is 0 Å². The molecule has 1 saturated heterocycles. The summed E-state index contributed by atoms with van der Waals surface area (Å²) in [6.45, 7) is 0.293. The predicted molar refractivity (Wildman–Crippen MR) is 120 cm³/mol. The van der Waals surface area contributed by atoms with Crippen molar-refractivity contribution in [3.05, 3.63) is 76.0 Å². The van der Waals surface area contributed by atoms with E-state index in [0.29, 0.717) is 35.5 Å². The molecule has 0 spiro atoms. The topological polar surface area (TPSA) is 78.5 Å². The van der Waals surface area contributed by atoms with Gasteiger partial charge in [-0.15, -0.1) is 11.3 Å². The van der Waals surface area contributed by atoms with E-state index in [1.54, 1.807) is 24.3 Å². The normalized spacial score (nSPS) is 19.9. The second kappa shape index (κ2) is 8.40. The number of hydrogen-bond acceptors (Lipinski definition) is 4. The fourth-order valence-corrected chi connectivity index (χ4v) is 4.97. The number of benzene rings is 2. The number of hydrogen-bond donors (Lipinski definition) is 2. The molecule has 0 radical (unpaired) electrons. The summed E-state index contributed by atoms with van der Waals surface area (Å²) in [5.41, 5.74) is 1.15. The first-order valence-corrected chi connectivity index (χ1v) is 11.3. The lowest BCUT2D eigenvalue weighted by molar-refractivity contribution is -0.121. The van der Waals surface area contributed by atoms with Crippen LogP contribution >= 0.6 is 11.3 Å². The summed E-state index contributed by atoms with van der Waals surface area (Å²) in [6, 6.07) is 10.4. The van der Waals surface area contributed by atoms with Crippen molar-refractivity contribution < 1.29 is 23.2 Å². The van der Waals surface area contributed by atoms with E-state index in [1.165, 1.54) is 28.4 Å². The van der Waals surface area contributed by atoms with E-state index in [2.05, 4.69) is 10.6 Å². The van der Waals surface area contributed by atoms with Crippen LogP contribution in [-0.2, 0) is 4.79 Å². The molecular formula is C24H19F2N3O3S. The first-order valence-electron chi connectivity index (χ1n) is 10.5. The van der Waals surface area contributed by atoms with Crippen molar-refractivity contribution in [3.63, 3.8) is 0 Å². The maximum Gasteiger partial charge on any atom is 0.261 e. The molecule has 33 heavy (non-hydrogen) atoms. The summed E-state index contributed by atoms with van der Waals surface area (Å²) in [7, 11) is 0. The van der Waals surface area contributed by atoms with Gasteiger partial charge in [-0.1, -0.05) is 12.1 Å². The molecule has 6 nitrogen and oxygen atoms in total. The smallest absolute Gasteiger partial charge is 0.261 e. The minimum Gasteiger partial charge on any atom is -0.348 e. The third kappa shape index (κ3) is 4.00. The third-order valence-electron chi connectivity index (χ3n) is 6.00. The number of amides is 3. The van der Waals surface area contributed by atoms with E-state index in [0.717, 1.165) is 12.1 Å². The maximum atomic E-state index is 14.3. The molecule has 5 rings (SSSR count). The largest absolute Gasteiger partial charge is 0.348 e. The van der Waals surface area contributed by atoms with Gasteiger partial charge in [-0.2, -0.15) is 0 Å². The Bertz CT molecular complexity index is 1260.